The molecule has 0 saturated carbocycles. The van der Waals surface area contributed by atoms with Crippen LogP contribution in [0.5, 0.6) is 0 Å². The first kappa shape index (κ1) is 28.5. The minimum atomic E-state index is -1.20. The molecule has 1 aliphatic heterocycles. The normalized spacial score (nSPS) is 15.8. The maximum absolute atomic E-state index is 13.9. The Balaban J connectivity index is 1.84. The summed E-state index contributed by atoms with van der Waals surface area (Å²) in [6.45, 7) is 10.3. The van der Waals surface area contributed by atoms with Crippen molar-refractivity contribution in [1.29, 1.82) is 0 Å². The molecule has 0 bridgehead atoms. The molecule has 3 N–H and O–H groups in total. The number of pyridine rings is 1. The minimum Gasteiger partial charge on any atom is -0.460 e. The summed E-state index contributed by atoms with van der Waals surface area (Å²) in [5.74, 6) is -1.05. The van der Waals surface area contributed by atoms with Gasteiger partial charge >= 0.3 is 12.1 Å². The fourth-order valence-electron chi connectivity index (χ4n) is 3.79. The van der Waals surface area contributed by atoms with Crippen LogP contribution in [0, 0.1) is 0 Å². The predicted molar refractivity (Wildman–Crippen MR) is 133 cm³/mol. The van der Waals surface area contributed by atoms with E-state index in [1.807, 2.05) is 0 Å². The van der Waals surface area contributed by atoms with Crippen LogP contribution in [-0.4, -0.2) is 72.8 Å². The number of nitrogens with zero attached hydrogens (tertiary/aromatic N) is 5. The molecule has 2 aromatic heterocycles. The second kappa shape index (κ2) is 11.5. The maximum atomic E-state index is 13.9. The first-order chi connectivity index (χ1) is 17.7. The second-order valence-corrected chi connectivity index (χ2v) is 10.8. The molecule has 3 amide bonds. The van der Waals surface area contributed by atoms with Crippen LogP contribution >= 0.6 is 0 Å². The summed E-state index contributed by atoms with van der Waals surface area (Å²) in [4.78, 5) is 57.7. The van der Waals surface area contributed by atoms with E-state index in [2.05, 4.69) is 36.2 Å². The van der Waals surface area contributed by atoms with Gasteiger partial charge in [-0.2, -0.15) is 5.21 Å². The molecule has 3 rings (SSSR count). The number of carbonyl (C=O) groups is 4. The van der Waals surface area contributed by atoms with Crippen molar-refractivity contribution in [1.82, 2.24) is 36.2 Å². The Kier molecular flexibility index (Phi) is 8.63. The zero-order chi connectivity index (χ0) is 28.1. The van der Waals surface area contributed by atoms with Crippen molar-refractivity contribution in [3.63, 3.8) is 0 Å². The Labute approximate surface area is 220 Å². The summed E-state index contributed by atoms with van der Waals surface area (Å²) in [7, 11) is 0. The van der Waals surface area contributed by atoms with Gasteiger partial charge in [-0.1, -0.05) is 11.3 Å². The van der Waals surface area contributed by atoms with Crippen molar-refractivity contribution in [2.24, 2.45) is 0 Å². The van der Waals surface area contributed by atoms with E-state index in [9.17, 15) is 19.2 Å². The van der Waals surface area contributed by atoms with Crippen LogP contribution in [0.2, 0.25) is 0 Å². The zero-order valence-corrected chi connectivity index (χ0v) is 22.4. The number of fused-ring (bicyclic) bond motifs is 1. The third-order valence-corrected chi connectivity index (χ3v) is 5.22. The minimum absolute atomic E-state index is 0.00410. The molecule has 0 radical (unpaired) electrons. The molecule has 14 heteroatoms. The van der Waals surface area contributed by atoms with Crippen LogP contribution in [0.4, 0.5) is 10.6 Å². The standard InChI is InChI=1S/C24H34N8O6/c1-23(2,3)37-18(33)10-9-15(27-22(36)38-24(4,5)6)21(35)32-16(12-14-8-7-11-25-19(14)32)20(34)26-13-17-28-30-31-29-17/h7-8,11,15-16H,9-10,12-13H2,1-6H3,(H,26,34)(H,27,36)(H,28,29,30,31)/t15-,16-/m0/s1. The number of aromatic nitrogens is 5. The number of rotatable bonds is 8. The smallest absolute Gasteiger partial charge is 0.408 e. The lowest BCUT2D eigenvalue weighted by Crippen LogP contribution is -2.55. The predicted octanol–water partition coefficient (Wildman–Crippen LogP) is 1.18. The maximum Gasteiger partial charge on any atom is 0.408 e. The highest BCUT2D eigenvalue weighted by atomic mass is 16.6. The zero-order valence-electron chi connectivity index (χ0n) is 22.4. The van der Waals surface area contributed by atoms with Gasteiger partial charge in [0.05, 0.1) is 6.54 Å². The Morgan fingerprint density at radius 2 is 1.84 bits per heavy atom. The van der Waals surface area contributed by atoms with Crippen LogP contribution in [0.3, 0.4) is 0 Å². The van der Waals surface area contributed by atoms with E-state index in [0.717, 1.165) is 0 Å². The topological polar surface area (TPSA) is 181 Å². The number of amides is 3. The quantitative estimate of drug-likeness (QED) is 0.419. The van der Waals surface area contributed by atoms with Gasteiger partial charge in [-0.15, -0.1) is 10.2 Å². The van der Waals surface area contributed by atoms with Crippen molar-refractivity contribution in [3.8, 4) is 0 Å². The molecular weight excluding hydrogens is 496 g/mol. The number of aromatic amines is 1. The van der Waals surface area contributed by atoms with Crippen molar-refractivity contribution < 1.29 is 28.7 Å². The average Bonchev–Trinajstić information content (AvgIpc) is 3.45. The Morgan fingerprint density at radius 1 is 1.13 bits per heavy atom. The fourth-order valence-corrected chi connectivity index (χ4v) is 3.79. The summed E-state index contributed by atoms with van der Waals surface area (Å²) in [5.41, 5.74) is -0.847. The number of alkyl carbamates (subject to hydrolysis) is 1. The first-order valence-corrected chi connectivity index (χ1v) is 12.2. The molecule has 2 aromatic rings. The molecule has 0 aromatic carbocycles. The van der Waals surface area contributed by atoms with Crippen LogP contribution in [0.15, 0.2) is 18.3 Å². The number of ether oxygens (including phenoxy) is 2. The molecule has 2 atom stereocenters. The number of esters is 1. The Bertz CT molecular complexity index is 1160. The molecule has 206 valence electrons. The van der Waals surface area contributed by atoms with Crippen molar-refractivity contribution in [3.05, 3.63) is 29.7 Å². The molecule has 3 heterocycles. The van der Waals surface area contributed by atoms with Gasteiger partial charge in [0.15, 0.2) is 5.82 Å². The highest BCUT2D eigenvalue weighted by Gasteiger charge is 2.42. The lowest BCUT2D eigenvalue weighted by atomic mass is 10.1. The highest BCUT2D eigenvalue weighted by Crippen LogP contribution is 2.31. The second-order valence-electron chi connectivity index (χ2n) is 10.8. The summed E-state index contributed by atoms with van der Waals surface area (Å²) in [6.07, 6.45) is 0.649. The molecule has 0 spiro atoms. The molecule has 1 aliphatic rings. The number of nitrogens with one attached hydrogen (secondary N) is 3. The number of H-pyrrole nitrogens is 1. The summed E-state index contributed by atoms with van der Waals surface area (Å²) < 4.78 is 10.7. The number of anilines is 1. The van der Waals surface area contributed by atoms with Gasteiger partial charge in [-0.25, -0.2) is 9.78 Å². The highest BCUT2D eigenvalue weighted by molar-refractivity contribution is 6.05. The van der Waals surface area contributed by atoms with Gasteiger partial charge in [0, 0.05) is 19.0 Å². The van der Waals surface area contributed by atoms with Crippen LogP contribution in [0.1, 0.15) is 65.8 Å². The van der Waals surface area contributed by atoms with Gasteiger partial charge in [-0.3, -0.25) is 19.3 Å². The number of tetrazole rings is 1. The summed E-state index contributed by atoms with van der Waals surface area (Å²) in [5, 5.41) is 18.6. The van der Waals surface area contributed by atoms with Crippen molar-refractivity contribution >= 4 is 29.7 Å². The van der Waals surface area contributed by atoms with Crippen molar-refractivity contribution in [2.45, 2.75) is 90.6 Å². The summed E-state index contributed by atoms with van der Waals surface area (Å²) >= 11 is 0. The first-order valence-electron chi connectivity index (χ1n) is 12.2. The van der Waals surface area contributed by atoms with E-state index in [1.165, 1.54) is 11.1 Å². The van der Waals surface area contributed by atoms with Gasteiger partial charge in [0.1, 0.15) is 29.1 Å². The SMILES string of the molecule is CC(C)(C)OC(=O)CC[C@H](NC(=O)OC(C)(C)C)C(=O)N1c2ncccc2C[C@H]1C(=O)NCc1nn[nH]n1. The monoisotopic (exact) mass is 530 g/mol. The molecule has 0 unspecified atom stereocenters. The third-order valence-electron chi connectivity index (χ3n) is 5.22. The largest absolute Gasteiger partial charge is 0.460 e. The third kappa shape index (κ3) is 7.95. The van der Waals surface area contributed by atoms with E-state index >= 15 is 0 Å². The Hall–Kier alpha value is -4.10. The number of hydrogen-bond acceptors (Lipinski definition) is 10. The lowest BCUT2D eigenvalue weighted by Gasteiger charge is -2.29. The fraction of sp³-hybridized carbons (Fsp3) is 0.583. The number of carbonyl (C=O) groups excluding carboxylic acids is 4. The van der Waals surface area contributed by atoms with E-state index in [4.69, 9.17) is 9.47 Å². The van der Waals surface area contributed by atoms with Crippen LogP contribution < -0.4 is 15.5 Å². The van der Waals surface area contributed by atoms with E-state index in [1.54, 1.807) is 53.7 Å². The van der Waals surface area contributed by atoms with Crippen LogP contribution in [0.25, 0.3) is 0 Å². The lowest BCUT2D eigenvalue weighted by molar-refractivity contribution is -0.155. The van der Waals surface area contributed by atoms with Gasteiger partial charge < -0.3 is 20.1 Å². The number of hydrogen-bond donors (Lipinski definition) is 3. The molecule has 0 saturated heterocycles. The van der Waals surface area contributed by atoms with E-state index in [-0.39, 0.29) is 31.6 Å². The average molecular weight is 531 g/mol. The van der Waals surface area contributed by atoms with Gasteiger partial charge in [0.25, 0.3) is 5.91 Å². The van der Waals surface area contributed by atoms with Gasteiger partial charge in [-0.05, 0) is 59.6 Å². The Morgan fingerprint density at radius 3 is 2.47 bits per heavy atom. The van der Waals surface area contributed by atoms with Gasteiger partial charge in [0.2, 0.25) is 5.91 Å². The molecule has 14 nitrogen and oxygen atoms in total. The summed E-state index contributed by atoms with van der Waals surface area (Å²) in [6, 6.07) is 1.33. The van der Waals surface area contributed by atoms with E-state index < -0.39 is 47.2 Å². The van der Waals surface area contributed by atoms with Crippen LogP contribution in [-0.2, 0) is 36.8 Å². The molecule has 0 aliphatic carbocycles. The molecular formula is C24H34N8O6. The van der Waals surface area contributed by atoms with E-state index in [0.29, 0.717) is 11.4 Å². The molecule has 0 fully saturated rings. The molecule has 38 heavy (non-hydrogen) atoms. The van der Waals surface area contributed by atoms with Crippen molar-refractivity contribution in [2.75, 3.05) is 4.90 Å².